The smallest absolute Gasteiger partial charge is 0.129 e. The van der Waals surface area contributed by atoms with Crippen molar-refractivity contribution in [1.82, 2.24) is 4.98 Å². The number of nitrogens with zero attached hydrogens (tertiary/aromatic N) is 1. The molecular weight excluding hydrogens is 300 g/mol. The molecule has 2 nitrogen and oxygen atoms in total. The molecule has 1 N–H and O–H groups in total. The maximum atomic E-state index is 5.90. The Kier molecular flexibility index (Phi) is 4.02. The van der Waals surface area contributed by atoms with E-state index >= 15 is 0 Å². The second-order valence-electron chi connectivity index (χ2n) is 3.83. The van der Waals surface area contributed by atoms with E-state index in [0.29, 0.717) is 5.02 Å². The van der Waals surface area contributed by atoms with E-state index in [1.807, 2.05) is 6.07 Å². The van der Waals surface area contributed by atoms with Gasteiger partial charge in [-0.15, -0.1) is 0 Å². The Morgan fingerprint density at radius 1 is 1.35 bits per heavy atom. The van der Waals surface area contributed by atoms with Gasteiger partial charge in [0.2, 0.25) is 0 Å². The van der Waals surface area contributed by atoms with Crippen LogP contribution in [0.3, 0.4) is 0 Å². The summed E-state index contributed by atoms with van der Waals surface area (Å²) in [5.41, 5.74) is 3.39. The average molecular weight is 312 g/mol. The van der Waals surface area contributed by atoms with Crippen molar-refractivity contribution in [2.75, 3.05) is 5.32 Å². The number of hydrogen-bond acceptors (Lipinski definition) is 2. The van der Waals surface area contributed by atoms with Gasteiger partial charge in [0.1, 0.15) is 4.60 Å². The minimum Gasteiger partial charge on any atom is -0.379 e. The molecule has 88 valence electrons. The predicted molar refractivity (Wildman–Crippen MR) is 75.5 cm³/mol. The SMILES string of the molecule is Cc1cccc(CNc2cc(Cl)cnc2Br)c1. The number of nitrogens with one attached hydrogen (secondary N) is 1. The summed E-state index contributed by atoms with van der Waals surface area (Å²) in [7, 11) is 0. The molecule has 1 aromatic carbocycles. The number of aryl methyl sites for hydroxylation is 1. The molecule has 0 aliphatic heterocycles. The molecule has 17 heavy (non-hydrogen) atoms. The van der Waals surface area contributed by atoms with Crippen molar-refractivity contribution in [2.24, 2.45) is 0 Å². The molecule has 0 saturated heterocycles. The number of benzene rings is 1. The summed E-state index contributed by atoms with van der Waals surface area (Å²) in [6.45, 7) is 2.84. The normalized spacial score (nSPS) is 10.3. The van der Waals surface area contributed by atoms with E-state index in [-0.39, 0.29) is 0 Å². The molecule has 0 spiro atoms. The summed E-state index contributed by atoms with van der Waals surface area (Å²) >= 11 is 9.29. The van der Waals surface area contributed by atoms with Gasteiger partial charge in [-0.05, 0) is 34.5 Å². The summed E-state index contributed by atoms with van der Waals surface area (Å²) in [5.74, 6) is 0. The van der Waals surface area contributed by atoms with Gasteiger partial charge < -0.3 is 5.32 Å². The Morgan fingerprint density at radius 2 is 2.18 bits per heavy atom. The summed E-state index contributed by atoms with van der Waals surface area (Å²) < 4.78 is 0.773. The molecule has 0 unspecified atom stereocenters. The van der Waals surface area contributed by atoms with Crippen LogP contribution in [0.2, 0.25) is 5.02 Å². The lowest BCUT2D eigenvalue weighted by Crippen LogP contribution is -2.01. The second-order valence-corrected chi connectivity index (χ2v) is 5.02. The van der Waals surface area contributed by atoms with Crippen LogP contribution in [0.5, 0.6) is 0 Å². The zero-order chi connectivity index (χ0) is 12.3. The third-order valence-electron chi connectivity index (χ3n) is 2.37. The molecular formula is C13H12BrClN2. The van der Waals surface area contributed by atoms with E-state index in [1.165, 1.54) is 11.1 Å². The van der Waals surface area contributed by atoms with Crippen molar-refractivity contribution >= 4 is 33.2 Å². The summed E-state index contributed by atoms with van der Waals surface area (Å²) in [5, 5.41) is 3.93. The van der Waals surface area contributed by atoms with Crippen molar-refractivity contribution in [3.8, 4) is 0 Å². The first-order valence-corrected chi connectivity index (χ1v) is 6.43. The molecule has 2 rings (SSSR count). The third kappa shape index (κ3) is 3.45. The first-order chi connectivity index (χ1) is 8.15. The van der Waals surface area contributed by atoms with Gasteiger partial charge in [-0.2, -0.15) is 0 Å². The summed E-state index contributed by atoms with van der Waals surface area (Å²) in [4.78, 5) is 4.13. The number of anilines is 1. The highest BCUT2D eigenvalue weighted by Crippen LogP contribution is 2.23. The van der Waals surface area contributed by atoms with Crippen LogP contribution in [0, 0.1) is 6.92 Å². The number of pyridine rings is 1. The molecule has 1 aromatic heterocycles. The van der Waals surface area contributed by atoms with E-state index < -0.39 is 0 Å². The molecule has 0 saturated carbocycles. The van der Waals surface area contributed by atoms with Crippen LogP contribution in [0.1, 0.15) is 11.1 Å². The monoisotopic (exact) mass is 310 g/mol. The zero-order valence-electron chi connectivity index (χ0n) is 9.37. The van der Waals surface area contributed by atoms with E-state index in [1.54, 1.807) is 6.20 Å². The fraction of sp³-hybridized carbons (Fsp3) is 0.154. The molecule has 0 aliphatic rings. The van der Waals surface area contributed by atoms with E-state index in [0.717, 1.165) is 16.8 Å². The highest BCUT2D eigenvalue weighted by Gasteiger charge is 2.02. The molecule has 1 heterocycles. The lowest BCUT2D eigenvalue weighted by atomic mass is 10.1. The van der Waals surface area contributed by atoms with Crippen LogP contribution in [0.4, 0.5) is 5.69 Å². The minimum atomic E-state index is 0.625. The lowest BCUT2D eigenvalue weighted by molar-refractivity contribution is 1.12. The molecule has 0 amide bonds. The first kappa shape index (κ1) is 12.4. The van der Waals surface area contributed by atoms with E-state index in [4.69, 9.17) is 11.6 Å². The van der Waals surface area contributed by atoms with Gasteiger partial charge in [0, 0.05) is 12.7 Å². The Morgan fingerprint density at radius 3 is 2.94 bits per heavy atom. The van der Waals surface area contributed by atoms with Gasteiger partial charge in [-0.3, -0.25) is 0 Å². The van der Waals surface area contributed by atoms with Crippen LogP contribution < -0.4 is 5.32 Å². The van der Waals surface area contributed by atoms with Crippen molar-refractivity contribution < 1.29 is 0 Å². The topological polar surface area (TPSA) is 24.9 Å². The zero-order valence-corrected chi connectivity index (χ0v) is 11.7. The maximum absolute atomic E-state index is 5.90. The molecule has 0 bridgehead atoms. The molecule has 0 radical (unpaired) electrons. The first-order valence-electron chi connectivity index (χ1n) is 5.25. The highest BCUT2D eigenvalue weighted by atomic mass is 79.9. The molecule has 0 atom stereocenters. The number of rotatable bonds is 3. The largest absolute Gasteiger partial charge is 0.379 e. The van der Waals surface area contributed by atoms with Crippen molar-refractivity contribution in [1.29, 1.82) is 0 Å². The second kappa shape index (κ2) is 5.52. The summed E-state index contributed by atoms with van der Waals surface area (Å²) in [6, 6.07) is 10.2. The summed E-state index contributed by atoms with van der Waals surface area (Å²) in [6.07, 6.45) is 1.61. The van der Waals surface area contributed by atoms with Gasteiger partial charge in [0.05, 0.1) is 10.7 Å². The molecule has 2 aromatic rings. The Hall–Kier alpha value is -1.06. The van der Waals surface area contributed by atoms with Crippen molar-refractivity contribution in [2.45, 2.75) is 13.5 Å². The van der Waals surface area contributed by atoms with Gasteiger partial charge in [0.15, 0.2) is 0 Å². The standard InChI is InChI=1S/C13H12BrClN2/c1-9-3-2-4-10(5-9)7-16-12-6-11(15)8-17-13(12)14/h2-6,8,16H,7H2,1H3. The molecule has 4 heteroatoms. The van der Waals surface area contributed by atoms with Crippen LogP contribution in [0.15, 0.2) is 41.1 Å². The third-order valence-corrected chi connectivity index (χ3v) is 3.21. The quantitative estimate of drug-likeness (QED) is 0.849. The fourth-order valence-electron chi connectivity index (χ4n) is 1.57. The number of aromatic nitrogens is 1. The highest BCUT2D eigenvalue weighted by molar-refractivity contribution is 9.10. The van der Waals surface area contributed by atoms with Gasteiger partial charge >= 0.3 is 0 Å². The fourth-order valence-corrected chi connectivity index (χ4v) is 2.08. The van der Waals surface area contributed by atoms with Gasteiger partial charge in [-0.1, -0.05) is 41.4 Å². The Balaban J connectivity index is 2.09. The van der Waals surface area contributed by atoms with E-state index in [2.05, 4.69) is 57.4 Å². The number of hydrogen-bond donors (Lipinski definition) is 1. The average Bonchev–Trinajstić information content (AvgIpc) is 2.30. The molecule has 0 fully saturated rings. The van der Waals surface area contributed by atoms with Crippen molar-refractivity contribution in [3.05, 3.63) is 57.3 Å². The minimum absolute atomic E-state index is 0.625. The van der Waals surface area contributed by atoms with Crippen LogP contribution in [0.25, 0.3) is 0 Å². The maximum Gasteiger partial charge on any atom is 0.129 e. The van der Waals surface area contributed by atoms with Crippen LogP contribution >= 0.6 is 27.5 Å². The van der Waals surface area contributed by atoms with Crippen LogP contribution in [-0.4, -0.2) is 4.98 Å². The van der Waals surface area contributed by atoms with Gasteiger partial charge in [0.25, 0.3) is 0 Å². The Labute approximate surface area is 114 Å². The molecule has 0 aliphatic carbocycles. The number of halogens is 2. The van der Waals surface area contributed by atoms with Crippen LogP contribution in [-0.2, 0) is 6.54 Å². The lowest BCUT2D eigenvalue weighted by Gasteiger charge is -2.08. The van der Waals surface area contributed by atoms with E-state index in [9.17, 15) is 0 Å². The van der Waals surface area contributed by atoms with Gasteiger partial charge in [-0.25, -0.2) is 4.98 Å². The predicted octanol–water partition coefficient (Wildman–Crippen LogP) is 4.42. The Bertz CT molecular complexity index is 529. The van der Waals surface area contributed by atoms with Crippen molar-refractivity contribution in [3.63, 3.8) is 0 Å².